The number of benzene rings is 8. The van der Waals surface area contributed by atoms with Crippen LogP contribution in [-0.2, 0) is 0 Å². The Morgan fingerprint density at radius 2 is 0.843 bits per heavy atom. The highest BCUT2D eigenvalue weighted by Gasteiger charge is 2.18. The first kappa shape index (κ1) is 16.7. The lowest BCUT2D eigenvalue weighted by Gasteiger charge is -2.15. The SMILES string of the molecule is [2H]c1c([2H])c([2H])c2c(c1[2H])c1c([2H])c([2H])c([2H])c([2H])c1n2-c1ccc2c(c1)c1ccccc1n2-c1cccc(-c2ccccc2-n2c3c([2H])c([2H])c([2H])c([2H])c3c3c([2H])c([2H])c([2H])c([2H])c32)c1. The molecule has 8 aromatic carbocycles. The predicted octanol–water partition coefficient (Wildman–Crippen LogP) is 12.6. The molecule has 0 saturated heterocycles. The fraction of sp³-hybridized carbons (Fsp3) is 0. The fourth-order valence-electron chi connectivity index (χ4n) is 7.44. The topological polar surface area (TPSA) is 14.8 Å². The molecule has 0 spiro atoms. The molecule has 0 aliphatic heterocycles. The van der Waals surface area contributed by atoms with E-state index in [1.807, 2.05) is 77.4 Å². The maximum atomic E-state index is 9.07. The lowest BCUT2D eigenvalue weighted by molar-refractivity contribution is 1.16. The van der Waals surface area contributed by atoms with Gasteiger partial charge in [-0.3, -0.25) is 0 Å². The van der Waals surface area contributed by atoms with Crippen molar-refractivity contribution in [1.82, 2.24) is 13.7 Å². The van der Waals surface area contributed by atoms with Crippen LogP contribution in [0.5, 0.6) is 0 Å². The van der Waals surface area contributed by atoms with E-state index in [1.165, 1.54) is 9.13 Å². The first-order valence-corrected chi connectivity index (χ1v) is 16.2. The van der Waals surface area contributed by atoms with Gasteiger partial charge in [-0.15, -0.1) is 0 Å². The van der Waals surface area contributed by atoms with Crippen LogP contribution in [0.15, 0.2) is 188 Å². The third-order valence-electron chi connectivity index (χ3n) is 9.54. The molecule has 3 heteroatoms. The molecule has 3 aromatic heterocycles. The standard InChI is InChI=1S/C48H31N3/c1-7-22-42(51-46-26-11-4-19-38(46)39-20-5-12-27-47(39)51)35(16-1)32-14-13-15-33(30-32)49-45-25-10-6-21-40(45)41-31-34(28-29-48(41)49)50-43-23-8-2-17-36(43)37-18-3-9-24-44(37)50/h1-31H/i2D,3D,4D,5D,8D,9D,11D,12D,17D,18D,19D,20D,23D,24D,26D,27D. The van der Waals surface area contributed by atoms with E-state index in [1.54, 1.807) is 18.2 Å². The van der Waals surface area contributed by atoms with Crippen LogP contribution in [0.2, 0.25) is 0 Å². The van der Waals surface area contributed by atoms with E-state index in [0.717, 1.165) is 21.8 Å². The largest absolute Gasteiger partial charge is 0.309 e. The first-order valence-electron chi connectivity index (χ1n) is 24.2. The Balaban J connectivity index is 1.16. The van der Waals surface area contributed by atoms with Crippen molar-refractivity contribution in [1.29, 1.82) is 0 Å². The normalized spacial score (nSPS) is 16.3. The van der Waals surface area contributed by atoms with Crippen molar-refractivity contribution in [3.05, 3.63) is 188 Å². The molecule has 0 aliphatic carbocycles. The molecule has 0 amide bonds. The molecular weight excluding hydrogens is 619 g/mol. The zero-order valence-corrected chi connectivity index (χ0v) is 26.5. The summed E-state index contributed by atoms with van der Waals surface area (Å²) in [5, 5.41) is 1.45. The minimum Gasteiger partial charge on any atom is -0.309 e. The van der Waals surface area contributed by atoms with Gasteiger partial charge in [0.2, 0.25) is 0 Å². The average Bonchev–Trinajstić information content (AvgIpc) is 4.00. The summed E-state index contributed by atoms with van der Waals surface area (Å²) in [4.78, 5) is 0. The van der Waals surface area contributed by atoms with E-state index in [0.29, 0.717) is 28.2 Å². The molecule has 0 unspecified atom stereocenters. The minimum absolute atomic E-state index is 0.00389. The average molecular weight is 666 g/mol. The first-order chi connectivity index (χ1) is 32.0. The number of fused-ring (bicyclic) bond motifs is 9. The summed E-state index contributed by atoms with van der Waals surface area (Å²) >= 11 is 0. The van der Waals surface area contributed by atoms with E-state index in [2.05, 4.69) is 0 Å². The molecule has 0 fully saturated rings. The number of rotatable bonds is 4. The molecule has 11 aromatic rings. The van der Waals surface area contributed by atoms with Gasteiger partial charge in [0.15, 0.2) is 0 Å². The van der Waals surface area contributed by atoms with Gasteiger partial charge >= 0.3 is 0 Å². The number of para-hydroxylation sites is 6. The number of nitrogens with zero attached hydrogens (tertiary/aromatic N) is 3. The fourth-order valence-corrected chi connectivity index (χ4v) is 7.44. The van der Waals surface area contributed by atoms with Crippen molar-refractivity contribution in [2.45, 2.75) is 0 Å². The van der Waals surface area contributed by atoms with Crippen LogP contribution in [0.4, 0.5) is 0 Å². The van der Waals surface area contributed by atoms with Crippen molar-refractivity contribution >= 4 is 65.4 Å². The second-order valence-electron chi connectivity index (χ2n) is 12.2. The zero-order valence-electron chi connectivity index (χ0n) is 42.5. The van der Waals surface area contributed by atoms with Crippen LogP contribution < -0.4 is 0 Å². The summed E-state index contributed by atoms with van der Waals surface area (Å²) in [7, 11) is 0. The molecule has 3 nitrogen and oxygen atoms in total. The summed E-state index contributed by atoms with van der Waals surface area (Å²) in [6.07, 6.45) is 0. The molecule has 0 saturated carbocycles. The molecule has 0 N–H and O–H groups in total. The van der Waals surface area contributed by atoms with Gasteiger partial charge in [-0.05, 0) is 72.2 Å². The van der Waals surface area contributed by atoms with Crippen LogP contribution in [-0.4, -0.2) is 13.7 Å². The molecule has 3 heterocycles. The van der Waals surface area contributed by atoms with E-state index in [4.69, 9.17) is 21.9 Å². The third kappa shape index (κ3) is 4.06. The van der Waals surface area contributed by atoms with Gasteiger partial charge in [0.05, 0.1) is 60.7 Å². The molecule has 0 atom stereocenters. The Bertz CT molecular complexity index is 3920. The Morgan fingerprint density at radius 1 is 0.333 bits per heavy atom. The van der Waals surface area contributed by atoms with Gasteiger partial charge in [0.25, 0.3) is 0 Å². The summed E-state index contributed by atoms with van der Waals surface area (Å²) in [5.41, 5.74) is 4.32. The lowest BCUT2D eigenvalue weighted by atomic mass is 10.0. The number of hydrogen-bond acceptors (Lipinski definition) is 0. The number of aromatic nitrogens is 3. The lowest BCUT2D eigenvalue weighted by Crippen LogP contribution is -1.98. The molecule has 0 aliphatic rings. The highest BCUT2D eigenvalue weighted by atomic mass is 15.0. The Kier molecular flexibility index (Phi) is 3.55. The van der Waals surface area contributed by atoms with Gasteiger partial charge in [-0.25, -0.2) is 0 Å². The van der Waals surface area contributed by atoms with Crippen LogP contribution in [0, 0.1) is 0 Å². The van der Waals surface area contributed by atoms with Crippen LogP contribution in [0.3, 0.4) is 0 Å². The molecule has 51 heavy (non-hydrogen) atoms. The van der Waals surface area contributed by atoms with E-state index < -0.39 is 96.7 Å². The maximum absolute atomic E-state index is 9.07. The van der Waals surface area contributed by atoms with Crippen molar-refractivity contribution in [3.63, 3.8) is 0 Å². The third-order valence-corrected chi connectivity index (χ3v) is 9.54. The quantitative estimate of drug-likeness (QED) is 0.178. The summed E-state index contributed by atoms with van der Waals surface area (Å²) in [5.74, 6) is 0. The van der Waals surface area contributed by atoms with Crippen molar-refractivity contribution in [3.8, 4) is 28.2 Å². The minimum atomic E-state index is -0.529. The van der Waals surface area contributed by atoms with Gasteiger partial charge in [-0.1, -0.05) is 121 Å². The zero-order chi connectivity index (χ0) is 47.4. The molecule has 0 bridgehead atoms. The molecule has 238 valence electrons. The van der Waals surface area contributed by atoms with Crippen molar-refractivity contribution in [2.24, 2.45) is 0 Å². The number of hydrogen-bond donors (Lipinski definition) is 0. The highest BCUT2D eigenvalue weighted by molar-refractivity contribution is 6.13. The van der Waals surface area contributed by atoms with Crippen LogP contribution >= 0.6 is 0 Å². The van der Waals surface area contributed by atoms with Crippen molar-refractivity contribution < 1.29 is 21.9 Å². The Hall–Kier alpha value is -6.84. The van der Waals surface area contributed by atoms with Gasteiger partial charge < -0.3 is 13.7 Å². The highest BCUT2D eigenvalue weighted by Crippen LogP contribution is 2.39. The van der Waals surface area contributed by atoms with Crippen molar-refractivity contribution in [2.75, 3.05) is 0 Å². The van der Waals surface area contributed by atoms with Gasteiger partial charge in [-0.2, -0.15) is 0 Å². The maximum Gasteiger partial charge on any atom is 0.0645 e. The summed E-state index contributed by atoms with van der Waals surface area (Å²) < 4.78 is 145. The molecule has 11 rings (SSSR count). The molecule has 0 radical (unpaired) electrons. The summed E-state index contributed by atoms with van der Waals surface area (Å²) in [6, 6.07) is 20.3. The van der Waals surface area contributed by atoms with Crippen LogP contribution in [0.1, 0.15) is 21.9 Å². The van der Waals surface area contributed by atoms with Gasteiger partial charge in [0.1, 0.15) is 0 Å². The molecular formula is C48H31N3. The monoisotopic (exact) mass is 665 g/mol. The predicted molar refractivity (Wildman–Crippen MR) is 215 cm³/mol. The smallest absolute Gasteiger partial charge is 0.0645 e. The Morgan fingerprint density at radius 3 is 1.51 bits per heavy atom. The van der Waals surface area contributed by atoms with E-state index in [-0.39, 0.29) is 43.6 Å². The van der Waals surface area contributed by atoms with E-state index in [9.17, 15) is 0 Å². The van der Waals surface area contributed by atoms with Crippen LogP contribution in [0.25, 0.3) is 93.6 Å². The second-order valence-corrected chi connectivity index (χ2v) is 12.2. The van der Waals surface area contributed by atoms with E-state index >= 15 is 0 Å². The Labute approximate surface area is 316 Å². The summed E-state index contributed by atoms with van der Waals surface area (Å²) in [6.45, 7) is 0. The second kappa shape index (κ2) is 10.8. The van der Waals surface area contributed by atoms with Gasteiger partial charge in [0, 0.05) is 49.3 Å².